The summed E-state index contributed by atoms with van der Waals surface area (Å²) < 4.78 is 7.64. The van der Waals surface area contributed by atoms with Crippen LogP contribution in [0.15, 0.2) is 59.7 Å². The number of hydrogen-bond acceptors (Lipinski definition) is 5. The molecule has 1 fully saturated rings. The number of aryl methyl sites for hydroxylation is 1. The smallest absolute Gasteiger partial charge is 0.172 e. The fourth-order valence-corrected chi connectivity index (χ4v) is 4.99. The zero-order valence-corrected chi connectivity index (χ0v) is 20.0. The minimum Gasteiger partial charge on any atom is -0.495 e. The summed E-state index contributed by atoms with van der Waals surface area (Å²) >= 11 is 12.5. The molecular weight excluding hydrogens is 459 g/mol. The second kappa shape index (κ2) is 9.12. The Labute approximate surface area is 203 Å². The molecule has 1 aromatic heterocycles. The fourth-order valence-electron chi connectivity index (χ4n) is 4.45. The topological polar surface area (TPSA) is 51.9 Å². The van der Waals surface area contributed by atoms with E-state index in [2.05, 4.69) is 27.2 Å². The Kier molecular flexibility index (Phi) is 6.04. The molecule has 0 aliphatic carbocycles. The highest BCUT2D eigenvalue weighted by atomic mass is 35.5. The summed E-state index contributed by atoms with van der Waals surface area (Å²) in [6.07, 6.45) is 7.88. The minimum atomic E-state index is 0.0128. The van der Waals surface area contributed by atoms with Crippen molar-refractivity contribution in [1.82, 2.24) is 14.5 Å². The van der Waals surface area contributed by atoms with Gasteiger partial charge in [0.2, 0.25) is 0 Å². The predicted octanol–water partition coefficient (Wildman–Crippen LogP) is 6.06. The maximum absolute atomic E-state index is 6.26. The first kappa shape index (κ1) is 21.9. The number of fused-ring (bicyclic) bond motifs is 1. The first-order valence-corrected chi connectivity index (χ1v) is 11.6. The van der Waals surface area contributed by atoms with Gasteiger partial charge in [-0.2, -0.15) is 0 Å². The number of benzene rings is 2. The van der Waals surface area contributed by atoms with Crippen molar-refractivity contribution in [3.63, 3.8) is 0 Å². The lowest BCUT2D eigenvalue weighted by atomic mass is 9.96. The lowest BCUT2D eigenvalue weighted by Crippen LogP contribution is -2.44. The Morgan fingerprint density at radius 2 is 1.97 bits per heavy atom. The molecule has 5 rings (SSSR count). The maximum Gasteiger partial charge on any atom is 0.172 e. The van der Waals surface area contributed by atoms with E-state index >= 15 is 0 Å². The standard InChI is InChI=1S/C25H24Cl2N4O2/c1-16-13-30(15-28-16)22-6-5-17(9-24(22)32-2)8-18-4-3-7-31-23(14-33-29-25(18)31)19-10-20(26)12-21(27)11-19/h5-6,8-13,15,23H,3-4,7,14H2,1-2H3/b18-8+/t23-/m0/s1. The molecule has 0 unspecified atom stereocenters. The molecular formula is C25H24Cl2N4O2. The molecule has 3 aromatic rings. The van der Waals surface area contributed by atoms with Crippen LogP contribution < -0.4 is 4.74 Å². The number of aromatic nitrogens is 2. The molecule has 2 aliphatic heterocycles. The summed E-state index contributed by atoms with van der Waals surface area (Å²) in [4.78, 5) is 12.3. The van der Waals surface area contributed by atoms with Crippen LogP contribution in [0.2, 0.25) is 10.0 Å². The van der Waals surface area contributed by atoms with Crippen LogP contribution in [-0.4, -0.2) is 40.5 Å². The van der Waals surface area contributed by atoms with Gasteiger partial charge in [0.25, 0.3) is 0 Å². The van der Waals surface area contributed by atoms with Gasteiger partial charge >= 0.3 is 0 Å². The zero-order chi connectivity index (χ0) is 22.9. The van der Waals surface area contributed by atoms with Crippen LogP contribution >= 0.6 is 23.2 Å². The van der Waals surface area contributed by atoms with Crippen LogP contribution in [0, 0.1) is 6.92 Å². The molecule has 0 radical (unpaired) electrons. The second-order valence-electron chi connectivity index (χ2n) is 8.25. The summed E-state index contributed by atoms with van der Waals surface area (Å²) in [7, 11) is 1.68. The van der Waals surface area contributed by atoms with Gasteiger partial charge in [-0.15, -0.1) is 0 Å². The Hall–Kier alpha value is -2.96. The molecule has 2 aromatic carbocycles. The highest BCUT2D eigenvalue weighted by Crippen LogP contribution is 2.35. The largest absolute Gasteiger partial charge is 0.495 e. The Morgan fingerprint density at radius 1 is 1.15 bits per heavy atom. The van der Waals surface area contributed by atoms with E-state index in [1.165, 1.54) is 0 Å². The van der Waals surface area contributed by atoms with E-state index in [1.54, 1.807) is 19.5 Å². The van der Waals surface area contributed by atoms with Gasteiger partial charge in [-0.05, 0) is 72.9 Å². The van der Waals surface area contributed by atoms with Gasteiger partial charge in [-0.25, -0.2) is 4.98 Å². The van der Waals surface area contributed by atoms with E-state index in [0.717, 1.165) is 59.1 Å². The van der Waals surface area contributed by atoms with Crippen molar-refractivity contribution in [2.75, 3.05) is 20.3 Å². The molecule has 33 heavy (non-hydrogen) atoms. The van der Waals surface area contributed by atoms with Crippen LogP contribution in [0.5, 0.6) is 5.75 Å². The van der Waals surface area contributed by atoms with E-state index in [9.17, 15) is 0 Å². The SMILES string of the molecule is COc1cc(/C=C2\CCCN3C2=NOC[C@H]3c2cc(Cl)cc(Cl)c2)ccc1-n1cnc(C)c1. The van der Waals surface area contributed by atoms with Crippen molar-refractivity contribution in [3.8, 4) is 11.4 Å². The quantitative estimate of drug-likeness (QED) is 0.453. The molecule has 2 aliphatic rings. The Balaban J connectivity index is 1.46. The third kappa shape index (κ3) is 4.45. The molecule has 170 valence electrons. The van der Waals surface area contributed by atoms with Crippen molar-refractivity contribution < 1.29 is 9.57 Å². The van der Waals surface area contributed by atoms with Crippen LogP contribution in [0.1, 0.15) is 35.7 Å². The van der Waals surface area contributed by atoms with Crippen molar-refractivity contribution in [1.29, 1.82) is 0 Å². The van der Waals surface area contributed by atoms with Gasteiger partial charge in [-0.3, -0.25) is 0 Å². The number of halogens is 2. The summed E-state index contributed by atoms with van der Waals surface area (Å²) in [5.41, 5.74) is 5.10. The van der Waals surface area contributed by atoms with Crippen LogP contribution in [-0.2, 0) is 4.84 Å². The number of hydrogen-bond donors (Lipinski definition) is 0. The normalized spacial score (nSPS) is 19.2. The van der Waals surface area contributed by atoms with E-state index in [4.69, 9.17) is 32.8 Å². The van der Waals surface area contributed by atoms with Crippen LogP contribution in [0.25, 0.3) is 11.8 Å². The number of amidine groups is 1. The zero-order valence-electron chi connectivity index (χ0n) is 18.5. The van der Waals surface area contributed by atoms with Gasteiger partial charge in [0, 0.05) is 22.8 Å². The molecule has 0 spiro atoms. The number of imidazole rings is 1. The Morgan fingerprint density at radius 3 is 2.70 bits per heavy atom. The molecule has 6 nitrogen and oxygen atoms in total. The van der Waals surface area contributed by atoms with E-state index < -0.39 is 0 Å². The van der Waals surface area contributed by atoms with Crippen molar-refractivity contribution in [2.24, 2.45) is 5.16 Å². The summed E-state index contributed by atoms with van der Waals surface area (Å²) in [5, 5.41) is 5.66. The summed E-state index contributed by atoms with van der Waals surface area (Å²) in [5.74, 6) is 1.64. The second-order valence-corrected chi connectivity index (χ2v) is 9.12. The summed E-state index contributed by atoms with van der Waals surface area (Å²) in [6.45, 7) is 3.32. The van der Waals surface area contributed by atoms with Gasteiger partial charge in [-0.1, -0.05) is 34.4 Å². The predicted molar refractivity (Wildman–Crippen MR) is 131 cm³/mol. The van der Waals surface area contributed by atoms with Crippen LogP contribution in [0.3, 0.4) is 0 Å². The molecule has 0 N–H and O–H groups in total. The van der Waals surface area contributed by atoms with E-state index in [-0.39, 0.29) is 6.04 Å². The minimum absolute atomic E-state index is 0.0128. The maximum atomic E-state index is 6.26. The van der Waals surface area contributed by atoms with Gasteiger partial charge < -0.3 is 19.0 Å². The van der Waals surface area contributed by atoms with Gasteiger partial charge in [0.05, 0.1) is 30.9 Å². The molecule has 3 heterocycles. The average molecular weight is 483 g/mol. The first-order valence-electron chi connectivity index (χ1n) is 10.8. The number of ether oxygens (including phenoxy) is 1. The molecule has 0 bridgehead atoms. The van der Waals surface area contributed by atoms with Gasteiger partial charge in [0.1, 0.15) is 12.4 Å². The lowest BCUT2D eigenvalue weighted by Gasteiger charge is -2.40. The number of nitrogens with zero attached hydrogens (tertiary/aromatic N) is 4. The van der Waals surface area contributed by atoms with E-state index in [0.29, 0.717) is 16.7 Å². The average Bonchev–Trinajstić information content (AvgIpc) is 3.24. The van der Waals surface area contributed by atoms with E-state index in [1.807, 2.05) is 42.0 Å². The number of rotatable bonds is 4. The lowest BCUT2D eigenvalue weighted by molar-refractivity contribution is 0.0575. The third-order valence-corrected chi connectivity index (χ3v) is 6.40. The first-order chi connectivity index (χ1) is 16.0. The molecule has 1 atom stereocenters. The fraction of sp³-hybridized carbons (Fsp3) is 0.280. The van der Waals surface area contributed by atoms with Crippen molar-refractivity contribution in [3.05, 3.63) is 81.4 Å². The molecule has 1 saturated heterocycles. The van der Waals surface area contributed by atoms with Crippen LogP contribution in [0.4, 0.5) is 0 Å². The third-order valence-electron chi connectivity index (χ3n) is 5.97. The van der Waals surface area contributed by atoms with Gasteiger partial charge in [0.15, 0.2) is 5.84 Å². The monoisotopic (exact) mass is 482 g/mol. The molecule has 0 saturated carbocycles. The summed E-state index contributed by atoms with van der Waals surface area (Å²) in [6, 6.07) is 11.8. The molecule has 0 amide bonds. The van der Waals surface area contributed by atoms with Crippen molar-refractivity contribution in [2.45, 2.75) is 25.8 Å². The highest BCUT2D eigenvalue weighted by molar-refractivity contribution is 6.34. The van der Waals surface area contributed by atoms with Crippen molar-refractivity contribution >= 4 is 35.1 Å². The molecule has 8 heteroatoms. The number of methoxy groups -OCH3 is 1. The highest BCUT2D eigenvalue weighted by Gasteiger charge is 2.33. The number of piperidine rings is 1. The number of oxime groups is 1. The Bertz CT molecular complexity index is 1230.